The maximum Gasteiger partial charge on any atom is 0.125 e. The summed E-state index contributed by atoms with van der Waals surface area (Å²) in [5, 5.41) is 10.4. The number of ether oxygens (including phenoxy) is 2. The Bertz CT molecular complexity index is 921. The molecule has 1 aliphatic rings. The molecule has 1 atom stereocenters. The normalized spacial score (nSPS) is 15.5. The first-order valence-corrected chi connectivity index (χ1v) is 15.3. The predicted molar refractivity (Wildman–Crippen MR) is 153 cm³/mol. The summed E-state index contributed by atoms with van der Waals surface area (Å²) in [4.78, 5) is 0. The van der Waals surface area contributed by atoms with Crippen LogP contribution in [0.15, 0.2) is 24.3 Å². The van der Waals surface area contributed by atoms with Crippen molar-refractivity contribution in [2.75, 3.05) is 36.7 Å². The van der Waals surface area contributed by atoms with Crippen molar-refractivity contribution >= 4 is 35.3 Å². The lowest BCUT2D eigenvalue weighted by atomic mass is 9.76. The molecular weight excluding hydrogens is 481 g/mol. The zero-order valence-electron chi connectivity index (χ0n) is 21.7. The first-order chi connectivity index (χ1) is 16.1. The van der Waals surface area contributed by atoms with Gasteiger partial charge in [0.2, 0.25) is 0 Å². The lowest BCUT2D eigenvalue weighted by Gasteiger charge is -2.29. The first-order valence-electron chi connectivity index (χ1n) is 12.0. The van der Waals surface area contributed by atoms with E-state index in [2.05, 4.69) is 89.3 Å². The molecule has 1 heterocycles. The predicted octanol–water partition coefficient (Wildman–Crippen LogP) is 6.92. The third-order valence-electron chi connectivity index (χ3n) is 6.49. The van der Waals surface area contributed by atoms with Crippen LogP contribution in [0.1, 0.15) is 53.6 Å². The van der Waals surface area contributed by atoms with E-state index in [0.717, 1.165) is 49.8 Å². The average molecular weight is 521 g/mol. The molecule has 0 radical (unpaired) electrons. The number of rotatable bonds is 11. The van der Waals surface area contributed by atoms with E-state index >= 15 is 0 Å². The van der Waals surface area contributed by atoms with Crippen molar-refractivity contribution in [3.8, 4) is 11.5 Å². The van der Waals surface area contributed by atoms with Gasteiger partial charge in [-0.2, -0.15) is 11.8 Å². The SMILES string of the molecule is COc1c(C)cc(C(C)(C)c2cc(C)c(OCC(O)CSCCC3SCCS3)c(C)c2)cc1C. The van der Waals surface area contributed by atoms with Crippen LogP contribution in [0.4, 0.5) is 0 Å². The van der Waals surface area contributed by atoms with E-state index in [4.69, 9.17) is 9.47 Å². The summed E-state index contributed by atoms with van der Waals surface area (Å²) in [5.74, 6) is 6.25. The van der Waals surface area contributed by atoms with E-state index < -0.39 is 6.10 Å². The zero-order valence-corrected chi connectivity index (χ0v) is 24.1. The highest BCUT2D eigenvalue weighted by Gasteiger charge is 2.26. The second kappa shape index (κ2) is 12.3. The summed E-state index contributed by atoms with van der Waals surface area (Å²) in [6.45, 7) is 13.3. The summed E-state index contributed by atoms with van der Waals surface area (Å²) >= 11 is 5.98. The molecule has 1 fully saturated rings. The second-order valence-corrected chi connectivity index (χ2v) is 13.8. The number of hydrogen-bond donors (Lipinski definition) is 1. The Balaban J connectivity index is 1.62. The van der Waals surface area contributed by atoms with E-state index in [9.17, 15) is 5.11 Å². The molecule has 2 aromatic rings. The van der Waals surface area contributed by atoms with Gasteiger partial charge in [-0.05, 0) is 73.2 Å². The van der Waals surface area contributed by atoms with Gasteiger partial charge in [0.1, 0.15) is 18.1 Å². The number of methoxy groups -OCH3 is 1. The number of benzene rings is 2. The standard InChI is InChI=1S/C28H40O3S3/c1-18-12-22(13-19(2)26(18)30-7)28(5,6)23-14-20(3)27(21(4)15-23)31-16-24(29)17-32-9-8-25-33-10-11-34-25/h12-15,24-25,29H,8-11,16-17H2,1-7H3. The molecule has 1 saturated heterocycles. The molecule has 3 rings (SSSR count). The van der Waals surface area contributed by atoms with Crippen LogP contribution >= 0.6 is 35.3 Å². The van der Waals surface area contributed by atoms with Gasteiger partial charge < -0.3 is 14.6 Å². The average Bonchev–Trinajstić information content (AvgIpc) is 3.29. The van der Waals surface area contributed by atoms with Crippen molar-refractivity contribution in [3.05, 3.63) is 57.6 Å². The van der Waals surface area contributed by atoms with E-state index in [1.165, 1.54) is 29.1 Å². The molecule has 0 amide bonds. The number of aliphatic hydroxyl groups excluding tert-OH is 1. The van der Waals surface area contributed by atoms with Crippen molar-refractivity contribution in [3.63, 3.8) is 0 Å². The van der Waals surface area contributed by atoms with Crippen molar-refractivity contribution in [2.45, 2.75) is 64.1 Å². The third kappa shape index (κ3) is 6.83. The highest BCUT2D eigenvalue weighted by Crippen LogP contribution is 2.38. The van der Waals surface area contributed by atoms with Crippen molar-refractivity contribution in [1.82, 2.24) is 0 Å². The number of thioether (sulfide) groups is 3. The van der Waals surface area contributed by atoms with Gasteiger partial charge in [0.25, 0.3) is 0 Å². The molecular formula is C28H40O3S3. The molecule has 188 valence electrons. The van der Waals surface area contributed by atoms with Crippen LogP contribution in [-0.2, 0) is 5.41 Å². The zero-order chi connectivity index (χ0) is 24.9. The molecule has 0 saturated carbocycles. The van der Waals surface area contributed by atoms with Gasteiger partial charge in [-0.15, -0.1) is 23.5 Å². The van der Waals surface area contributed by atoms with Crippen LogP contribution in [0.25, 0.3) is 0 Å². The lowest BCUT2D eigenvalue weighted by molar-refractivity contribution is 0.125. The Morgan fingerprint density at radius 2 is 1.44 bits per heavy atom. The van der Waals surface area contributed by atoms with Gasteiger partial charge in [0.15, 0.2) is 0 Å². The van der Waals surface area contributed by atoms with Crippen LogP contribution in [-0.4, -0.2) is 52.5 Å². The van der Waals surface area contributed by atoms with Gasteiger partial charge in [0.05, 0.1) is 17.8 Å². The molecule has 0 aliphatic carbocycles. The van der Waals surface area contributed by atoms with E-state index in [-0.39, 0.29) is 5.41 Å². The molecule has 0 bridgehead atoms. The van der Waals surface area contributed by atoms with Gasteiger partial charge in [-0.25, -0.2) is 0 Å². The molecule has 1 unspecified atom stereocenters. The fourth-order valence-corrected chi connectivity index (χ4v) is 8.60. The molecule has 1 N–H and O–H groups in total. The second-order valence-electron chi connectivity index (χ2n) is 9.71. The smallest absolute Gasteiger partial charge is 0.125 e. The number of aliphatic hydroxyl groups is 1. The van der Waals surface area contributed by atoms with Gasteiger partial charge in [-0.3, -0.25) is 0 Å². The number of aryl methyl sites for hydroxylation is 4. The maximum absolute atomic E-state index is 10.4. The van der Waals surface area contributed by atoms with Gasteiger partial charge in [0, 0.05) is 22.7 Å². The first kappa shape index (κ1) is 27.6. The summed E-state index contributed by atoms with van der Waals surface area (Å²) in [6, 6.07) is 8.93. The molecule has 2 aromatic carbocycles. The minimum atomic E-state index is -0.450. The molecule has 1 aliphatic heterocycles. The Hall–Kier alpha value is -0.950. The van der Waals surface area contributed by atoms with Crippen LogP contribution < -0.4 is 9.47 Å². The maximum atomic E-state index is 10.4. The fraction of sp³-hybridized carbons (Fsp3) is 0.571. The molecule has 6 heteroatoms. The summed E-state index contributed by atoms with van der Waals surface area (Å²) in [5.41, 5.74) is 6.93. The minimum absolute atomic E-state index is 0.151. The summed E-state index contributed by atoms with van der Waals surface area (Å²) in [7, 11) is 1.73. The van der Waals surface area contributed by atoms with E-state index in [0.29, 0.717) is 6.61 Å². The lowest BCUT2D eigenvalue weighted by Crippen LogP contribution is -2.22. The van der Waals surface area contributed by atoms with Crippen LogP contribution in [0.3, 0.4) is 0 Å². The van der Waals surface area contributed by atoms with E-state index in [1.54, 1.807) is 7.11 Å². The van der Waals surface area contributed by atoms with Crippen molar-refractivity contribution < 1.29 is 14.6 Å². The Morgan fingerprint density at radius 1 is 0.941 bits per heavy atom. The van der Waals surface area contributed by atoms with Crippen LogP contribution in [0.5, 0.6) is 11.5 Å². The largest absolute Gasteiger partial charge is 0.496 e. The highest BCUT2D eigenvalue weighted by molar-refractivity contribution is 8.20. The Morgan fingerprint density at radius 3 is 1.94 bits per heavy atom. The van der Waals surface area contributed by atoms with E-state index in [1.807, 2.05) is 11.8 Å². The van der Waals surface area contributed by atoms with Crippen LogP contribution in [0, 0.1) is 27.7 Å². The van der Waals surface area contributed by atoms with Gasteiger partial charge in [-0.1, -0.05) is 38.1 Å². The van der Waals surface area contributed by atoms with Crippen molar-refractivity contribution in [1.29, 1.82) is 0 Å². The number of hydrogen-bond acceptors (Lipinski definition) is 6. The fourth-order valence-electron chi connectivity index (χ4n) is 4.54. The molecule has 34 heavy (non-hydrogen) atoms. The van der Waals surface area contributed by atoms with Crippen molar-refractivity contribution in [2.24, 2.45) is 0 Å². The quantitative estimate of drug-likeness (QED) is 0.324. The molecule has 0 spiro atoms. The monoisotopic (exact) mass is 520 g/mol. The minimum Gasteiger partial charge on any atom is -0.496 e. The van der Waals surface area contributed by atoms with Crippen LogP contribution in [0.2, 0.25) is 0 Å². The topological polar surface area (TPSA) is 38.7 Å². The summed E-state index contributed by atoms with van der Waals surface area (Å²) in [6.07, 6.45) is 0.769. The molecule has 0 aromatic heterocycles. The Labute approximate surface area is 219 Å². The Kier molecular flexibility index (Phi) is 10.0. The van der Waals surface area contributed by atoms with Gasteiger partial charge >= 0.3 is 0 Å². The third-order valence-corrected chi connectivity index (χ3v) is 10.8. The molecule has 3 nitrogen and oxygen atoms in total. The highest BCUT2D eigenvalue weighted by atomic mass is 32.2. The summed E-state index contributed by atoms with van der Waals surface area (Å²) < 4.78 is 12.4.